The van der Waals surface area contributed by atoms with E-state index in [0.717, 1.165) is 88.6 Å². The molecule has 0 radical (unpaired) electrons. The summed E-state index contributed by atoms with van der Waals surface area (Å²) < 4.78 is 11.7. The van der Waals surface area contributed by atoms with Crippen molar-refractivity contribution in [2.75, 3.05) is 0 Å². The number of benzene rings is 7. The van der Waals surface area contributed by atoms with E-state index < -0.39 is 0 Å². The quantitative estimate of drug-likeness (QED) is 0.196. The molecule has 7 aromatic carbocycles. The molecule has 49 heavy (non-hydrogen) atoms. The van der Waals surface area contributed by atoms with Gasteiger partial charge in [-0.2, -0.15) is 0 Å². The first-order valence-corrected chi connectivity index (χ1v) is 16.5. The minimum atomic E-state index is 0.763. The maximum absolute atomic E-state index is 6.98. The number of rotatable bonds is 3. The molecule has 0 saturated heterocycles. The third-order valence-electron chi connectivity index (χ3n) is 9.87. The van der Waals surface area contributed by atoms with Gasteiger partial charge in [-0.3, -0.25) is 4.57 Å². The van der Waals surface area contributed by atoms with Crippen molar-refractivity contribution in [3.8, 4) is 22.8 Å². The van der Waals surface area contributed by atoms with Crippen molar-refractivity contribution in [2.45, 2.75) is 0 Å². The molecule has 4 heterocycles. The first-order valence-electron chi connectivity index (χ1n) is 16.5. The van der Waals surface area contributed by atoms with Crippen LogP contribution < -0.4 is 0 Å². The molecule has 0 atom stereocenters. The van der Waals surface area contributed by atoms with Crippen LogP contribution in [0.2, 0.25) is 0 Å². The van der Waals surface area contributed by atoms with Gasteiger partial charge in [-0.1, -0.05) is 115 Å². The van der Waals surface area contributed by atoms with E-state index in [2.05, 4.69) is 130 Å². The lowest BCUT2D eigenvalue weighted by Gasteiger charge is -2.14. The third kappa shape index (κ3) is 3.59. The predicted octanol–water partition coefficient (Wildman–Crippen LogP) is 11.4. The van der Waals surface area contributed by atoms with Crippen LogP contribution in [0.3, 0.4) is 0 Å². The Morgan fingerprint density at radius 1 is 0.429 bits per heavy atom. The number of para-hydroxylation sites is 6. The molecule has 0 aliphatic carbocycles. The zero-order valence-electron chi connectivity index (χ0n) is 26.2. The minimum Gasteiger partial charge on any atom is -0.454 e. The summed E-state index contributed by atoms with van der Waals surface area (Å²) >= 11 is 0. The molecule has 4 aromatic heterocycles. The summed E-state index contributed by atoms with van der Waals surface area (Å²) in [5.74, 6) is 0.763. The van der Waals surface area contributed by atoms with Gasteiger partial charge in [0.15, 0.2) is 11.4 Å². The van der Waals surface area contributed by atoms with Crippen molar-refractivity contribution < 1.29 is 4.42 Å². The minimum absolute atomic E-state index is 0.763. The first kappa shape index (κ1) is 26.4. The summed E-state index contributed by atoms with van der Waals surface area (Å²) in [6.45, 7) is 0. The monoisotopic (exact) mass is 626 g/mol. The van der Waals surface area contributed by atoms with E-state index in [1.165, 1.54) is 10.8 Å². The zero-order chi connectivity index (χ0) is 32.1. The van der Waals surface area contributed by atoms with Crippen LogP contribution in [-0.2, 0) is 0 Å². The predicted molar refractivity (Wildman–Crippen MR) is 201 cm³/mol. The Balaban J connectivity index is 1.47. The second kappa shape index (κ2) is 9.89. The maximum atomic E-state index is 6.98. The Labute approximate surface area is 279 Å². The fraction of sp³-hybridized carbons (Fsp3) is 0. The molecule has 0 N–H and O–H groups in total. The van der Waals surface area contributed by atoms with Crippen molar-refractivity contribution in [3.05, 3.63) is 158 Å². The highest BCUT2D eigenvalue weighted by Crippen LogP contribution is 2.49. The van der Waals surface area contributed by atoms with Crippen LogP contribution in [0.4, 0.5) is 0 Å². The fourth-order valence-electron chi connectivity index (χ4n) is 7.89. The molecule has 0 spiro atoms. The molecular weight excluding hydrogens is 601 g/mol. The van der Waals surface area contributed by atoms with E-state index in [1.807, 2.05) is 36.4 Å². The second-order valence-electron chi connectivity index (χ2n) is 12.5. The normalized spacial score (nSPS) is 12.1. The highest BCUT2D eigenvalue weighted by atomic mass is 16.3. The van der Waals surface area contributed by atoms with Crippen LogP contribution >= 0.6 is 0 Å². The molecule has 0 fully saturated rings. The van der Waals surface area contributed by atoms with Gasteiger partial charge >= 0.3 is 0 Å². The number of aromatic nitrogens is 4. The average Bonchev–Trinajstić information content (AvgIpc) is 3.83. The van der Waals surface area contributed by atoms with E-state index >= 15 is 0 Å². The lowest BCUT2D eigenvalue weighted by molar-refractivity contribution is 0.671. The Bertz CT molecular complexity index is 3100. The number of nitrogens with zero attached hydrogens (tertiary/aromatic N) is 4. The molecule has 0 bridgehead atoms. The molecule has 0 aliphatic rings. The fourth-order valence-corrected chi connectivity index (χ4v) is 7.89. The highest BCUT2D eigenvalue weighted by molar-refractivity contribution is 6.39. The number of fused-ring (bicyclic) bond motifs is 13. The highest BCUT2D eigenvalue weighted by Gasteiger charge is 2.29. The first-order chi connectivity index (χ1) is 24.3. The molecular formula is C44H26N4O. The summed E-state index contributed by atoms with van der Waals surface area (Å²) in [7, 11) is 0. The third-order valence-corrected chi connectivity index (χ3v) is 9.87. The van der Waals surface area contributed by atoms with Crippen molar-refractivity contribution in [1.82, 2.24) is 19.1 Å². The topological polar surface area (TPSA) is 48.8 Å². The lowest BCUT2D eigenvalue weighted by Crippen LogP contribution is -2.04. The van der Waals surface area contributed by atoms with Crippen LogP contribution in [0, 0.1) is 0 Å². The van der Waals surface area contributed by atoms with Gasteiger partial charge in [-0.15, -0.1) is 0 Å². The van der Waals surface area contributed by atoms with E-state index in [4.69, 9.17) is 14.4 Å². The molecule has 228 valence electrons. The van der Waals surface area contributed by atoms with Gasteiger partial charge < -0.3 is 8.98 Å². The van der Waals surface area contributed by atoms with Gasteiger partial charge in [0, 0.05) is 43.6 Å². The van der Waals surface area contributed by atoms with Crippen LogP contribution in [0.25, 0.3) is 99.3 Å². The summed E-state index contributed by atoms with van der Waals surface area (Å²) in [6, 6.07) is 54.9. The standard InChI is InChI=1S/C44H26N4O/c1-3-15-27(16-4-1)40-44(46-33-23-11-10-22-32(33)45-40)48-35-25-13-8-20-30(35)39-41-37(38-31-21-9-14-26-36(31)49-43(38)42(39)48)29-19-7-12-24-34(29)47(41)28-17-5-2-6-18-28/h1-26H. The average molecular weight is 627 g/mol. The largest absolute Gasteiger partial charge is 0.454 e. The van der Waals surface area contributed by atoms with Crippen LogP contribution in [0.1, 0.15) is 0 Å². The molecule has 11 rings (SSSR count). The SMILES string of the molecule is c1ccc(-c2nc3ccccc3nc2-n2c3ccccc3c3c2c2oc4ccccc4c2c2c4ccccc4n(-c4ccccc4)c23)cc1. The van der Waals surface area contributed by atoms with Crippen molar-refractivity contribution in [3.63, 3.8) is 0 Å². The maximum Gasteiger partial charge on any atom is 0.165 e. The molecule has 0 saturated carbocycles. The lowest BCUT2D eigenvalue weighted by atomic mass is 10.0. The molecule has 0 unspecified atom stereocenters. The second-order valence-corrected chi connectivity index (χ2v) is 12.5. The van der Waals surface area contributed by atoms with Crippen molar-refractivity contribution in [1.29, 1.82) is 0 Å². The summed E-state index contributed by atoms with van der Waals surface area (Å²) in [6.07, 6.45) is 0. The zero-order valence-corrected chi connectivity index (χ0v) is 26.2. The van der Waals surface area contributed by atoms with Crippen LogP contribution in [0.5, 0.6) is 0 Å². The molecule has 11 aromatic rings. The van der Waals surface area contributed by atoms with Gasteiger partial charge in [0.05, 0.1) is 27.6 Å². The van der Waals surface area contributed by atoms with Gasteiger partial charge in [0.25, 0.3) is 0 Å². The van der Waals surface area contributed by atoms with Crippen molar-refractivity contribution >= 4 is 76.6 Å². The van der Waals surface area contributed by atoms with Gasteiger partial charge in [0.2, 0.25) is 0 Å². The van der Waals surface area contributed by atoms with E-state index in [1.54, 1.807) is 0 Å². The van der Waals surface area contributed by atoms with E-state index in [0.29, 0.717) is 0 Å². The van der Waals surface area contributed by atoms with Gasteiger partial charge in [0.1, 0.15) is 16.8 Å². The Kier molecular flexibility index (Phi) is 5.32. The van der Waals surface area contributed by atoms with Crippen LogP contribution in [-0.4, -0.2) is 19.1 Å². The summed E-state index contributed by atoms with van der Waals surface area (Å²) in [4.78, 5) is 10.7. The summed E-state index contributed by atoms with van der Waals surface area (Å²) in [5, 5.41) is 6.80. The van der Waals surface area contributed by atoms with Gasteiger partial charge in [-0.05, 0) is 42.5 Å². The number of hydrogen-bond donors (Lipinski definition) is 0. The molecule has 0 aliphatic heterocycles. The Morgan fingerprint density at radius 2 is 1.00 bits per heavy atom. The summed E-state index contributed by atoms with van der Waals surface area (Å²) in [5.41, 5.74) is 10.6. The molecule has 5 nitrogen and oxygen atoms in total. The van der Waals surface area contributed by atoms with Crippen molar-refractivity contribution in [2.24, 2.45) is 0 Å². The van der Waals surface area contributed by atoms with E-state index in [-0.39, 0.29) is 0 Å². The van der Waals surface area contributed by atoms with E-state index in [9.17, 15) is 0 Å². The molecule has 0 amide bonds. The number of hydrogen-bond acceptors (Lipinski definition) is 3. The molecule has 5 heteroatoms. The van der Waals surface area contributed by atoms with Gasteiger partial charge in [-0.25, -0.2) is 9.97 Å². The van der Waals surface area contributed by atoms with Crippen LogP contribution in [0.15, 0.2) is 162 Å². The Hall–Kier alpha value is -6.72. The smallest absolute Gasteiger partial charge is 0.165 e. The Morgan fingerprint density at radius 3 is 1.76 bits per heavy atom. The number of furan rings is 1.